The molecule has 0 saturated heterocycles. The van der Waals surface area contributed by atoms with Gasteiger partial charge in [-0.05, 0) is 56.3 Å². The van der Waals surface area contributed by atoms with Gasteiger partial charge in [-0.3, -0.25) is 9.52 Å². The van der Waals surface area contributed by atoms with Gasteiger partial charge in [-0.25, -0.2) is 12.8 Å². The number of rotatable bonds is 5. The van der Waals surface area contributed by atoms with Crippen LogP contribution in [0.4, 0.5) is 15.8 Å². The average Bonchev–Trinajstić information content (AvgIpc) is 2.93. The first kappa shape index (κ1) is 17.9. The van der Waals surface area contributed by atoms with Gasteiger partial charge in [0.15, 0.2) is 5.76 Å². The highest BCUT2D eigenvalue weighted by Crippen LogP contribution is 2.27. The molecular formula is C18H17FN2O4S. The van der Waals surface area contributed by atoms with Gasteiger partial charge in [0, 0.05) is 22.3 Å². The van der Waals surface area contributed by atoms with E-state index in [1.54, 1.807) is 38.1 Å². The summed E-state index contributed by atoms with van der Waals surface area (Å²) in [6.45, 7) is 3.22. The van der Waals surface area contributed by atoms with Crippen molar-refractivity contribution in [2.45, 2.75) is 13.8 Å². The van der Waals surface area contributed by atoms with Gasteiger partial charge in [-0.2, -0.15) is 0 Å². The molecule has 1 heterocycles. The fourth-order valence-corrected chi connectivity index (χ4v) is 3.11. The summed E-state index contributed by atoms with van der Waals surface area (Å²) in [6, 6.07) is 10.3. The van der Waals surface area contributed by atoms with E-state index in [0.29, 0.717) is 27.9 Å². The van der Waals surface area contributed by atoms with E-state index in [4.69, 9.17) is 4.42 Å². The van der Waals surface area contributed by atoms with E-state index in [1.807, 2.05) is 0 Å². The van der Waals surface area contributed by atoms with Gasteiger partial charge in [0.1, 0.15) is 11.4 Å². The minimum Gasteiger partial charge on any atom is -0.451 e. The lowest BCUT2D eigenvalue weighted by atomic mass is 10.1. The van der Waals surface area contributed by atoms with E-state index in [-0.39, 0.29) is 11.5 Å². The number of amides is 1. The Hall–Kier alpha value is -2.87. The van der Waals surface area contributed by atoms with Gasteiger partial charge in [0.25, 0.3) is 5.91 Å². The van der Waals surface area contributed by atoms with Crippen molar-refractivity contribution in [2.75, 3.05) is 15.8 Å². The second-order valence-corrected chi connectivity index (χ2v) is 7.74. The molecule has 1 aromatic heterocycles. The van der Waals surface area contributed by atoms with Crippen LogP contribution in [0.15, 0.2) is 46.9 Å². The number of furan rings is 1. The molecule has 26 heavy (non-hydrogen) atoms. The lowest BCUT2D eigenvalue weighted by molar-refractivity contribution is 0.0998. The predicted octanol–water partition coefficient (Wildman–Crippen LogP) is 3.89. The number of carbonyl (C=O) groups is 1. The summed E-state index contributed by atoms with van der Waals surface area (Å²) < 4.78 is 44.4. The molecule has 2 N–H and O–H groups in total. The van der Waals surface area contributed by atoms with E-state index < -0.39 is 21.7 Å². The molecular weight excluding hydrogens is 359 g/mol. The minimum atomic E-state index is -3.36. The minimum absolute atomic E-state index is 0.0303. The number of benzene rings is 2. The lowest BCUT2D eigenvalue weighted by Gasteiger charge is -2.08. The maximum Gasteiger partial charge on any atom is 0.291 e. The van der Waals surface area contributed by atoms with Crippen molar-refractivity contribution in [3.63, 3.8) is 0 Å². The Labute approximate surface area is 150 Å². The summed E-state index contributed by atoms with van der Waals surface area (Å²) in [6.07, 6.45) is 0. The second kappa shape index (κ2) is 6.80. The first-order chi connectivity index (χ1) is 12.3. The van der Waals surface area contributed by atoms with Gasteiger partial charge >= 0.3 is 0 Å². The number of hydrogen-bond donors (Lipinski definition) is 2. The van der Waals surface area contributed by atoms with E-state index >= 15 is 0 Å². The monoisotopic (exact) mass is 376 g/mol. The highest BCUT2D eigenvalue weighted by molar-refractivity contribution is 7.92. The zero-order chi connectivity index (χ0) is 18.9. The Kier molecular flexibility index (Phi) is 4.69. The van der Waals surface area contributed by atoms with Crippen molar-refractivity contribution in [1.29, 1.82) is 0 Å². The predicted molar refractivity (Wildman–Crippen MR) is 98.4 cm³/mol. The molecule has 8 heteroatoms. The summed E-state index contributed by atoms with van der Waals surface area (Å²) in [5.74, 6) is -0.807. The number of fused-ring (bicyclic) bond motifs is 1. The van der Waals surface area contributed by atoms with Crippen molar-refractivity contribution in [1.82, 2.24) is 0 Å². The summed E-state index contributed by atoms with van der Waals surface area (Å²) >= 11 is 0. The van der Waals surface area contributed by atoms with E-state index in [0.717, 1.165) is 0 Å². The zero-order valence-corrected chi connectivity index (χ0v) is 15.0. The third kappa shape index (κ3) is 3.70. The van der Waals surface area contributed by atoms with Crippen molar-refractivity contribution >= 4 is 38.3 Å². The van der Waals surface area contributed by atoms with Crippen LogP contribution in [0.3, 0.4) is 0 Å². The van der Waals surface area contributed by atoms with Crippen LogP contribution < -0.4 is 10.0 Å². The van der Waals surface area contributed by atoms with Crippen molar-refractivity contribution in [2.24, 2.45) is 0 Å². The molecule has 3 rings (SSSR count). The lowest BCUT2D eigenvalue weighted by Crippen LogP contribution is -2.15. The highest BCUT2D eigenvalue weighted by Gasteiger charge is 2.18. The van der Waals surface area contributed by atoms with E-state index in [9.17, 15) is 17.6 Å². The maximum absolute atomic E-state index is 13.4. The van der Waals surface area contributed by atoms with Crippen LogP contribution in [-0.2, 0) is 10.0 Å². The molecule has 0 aliphatic rings. The second-order valence-electron chi connectivity index (χ2n) is 5.73. The topological polar surface area (TPSA) is 88.4 Å². The molecule has 0 unspecified atom stereocenters. The molecule has 136 valence electrons. The quantitative estimate of drug-likeness (QED) is 0.707. The van der Waals surface area contributed by atoms with Gasteiger partial charge < -0.3 is 9.73 Å². The molecule has 0 saturated carbocycles. The van der Waals surface area contributed by atoms with Crippen LogP contribution in [0.25, 0.3) is 11.0 Å². The summed E-state index contributed by atoms with van der Waals surface area (Å²) in [5.41, 5.74) is 1.85. The van der Waals surface area contributed by atoms with Crippen LogP contribution in [-0.4, -0.2) is 20.1 Å². The summed E-state index contributed by atoms with van der Waals surface area (Å²) in [4.78, 5) is 12.4. The highest BCUT2D eigenvalue weighted by atomic mass is 32.2. The van der Waals surface area contributed by atoms with Crippen molar-refractivity contribution in [3.8, 4) is 0 Å². The van der Waals surface area contributed by atoms with E-state index in [2.05, 4.69) is 10.0 Å². The largest absolute Gasteiger partial charge is 0.451 e. The number of nitrogens with one attached hydrogen (secondary N) is 2. The smallest absolute Gasteiger partial charge is 0.291 e. The Morgan fingerprint density at radius 1 is 1.12 bits per heavy atom. The summed E-state index contributed by atoms with van der Waals surface area (Å²) in [5, 5.41) is 3.22. The fourth-order valence-electron chi connectivity index (χ4n) is 2.47. The van der Waals surface area contributed by atoms with Crippen LogP contribution >= 0.6 is 0 Å². The van der Waals surface area contributed by atoms with Gasteiger partial charge in [0.2, 0.25) is 10.0 Å². The fraction of sp³-hybridized carbons (Fsp3) is 0.167. The average molecular weight is 376 g/mol. The molecule has 0 aliphatic carbocycles. The van der Waals surface area contributed by atoms with Crippen molar-refractivity contribution < 1.29 is 22.0 Å². The molecule has 0 bridgehead atoms. The summed E-state index contributed by atoms with van der Waals surface area (Å²) in [7, 11) is -3.36. The molecule has 3 aromatic rings. The van der Waals surface area contributed by atoms with Gasteiger partial charge in [-0.15, -0.1) is 0 Å². The molecule has 0 atom stereocenters. The van der Waals surface area contributed by atoms with Gasteiger partial charge in [-0.1, -0.05) is 0 Å². The van der Waals surface area contributed by atoms with Gasteiger partial charge in [0.05, 0.1) is 5.75 Å². The number of hydrogen-bond acceptors (Lipinski definition) is 4. The van der Waals surface area contributed by atoms with Crippen molar-refractivity contribution in [3.05, 3.63) is 59.6 Å². The molecule has 0 spiro atoms. The number of sulfonamides is 1. The number of halogens is 1. The molecule has 0 aliphatic heterocycles. The molecule has 2 aromatic carbocycles. The molecule has 6 nitrogen and oxygen atoms in total. The third-order valence-electron chi connectivity index (χ3n) is 3.90. The van der Waals surface area contributed by atoms with E-state index in [1.165, 1.54) is 18.2 Å². The Morgan fingerprint density at radius 3 is 2.42 bits per heavy atom. The molecule has 0 radical (unpaired) electrons. The maximum atomic E-state index is 13.4. The molecule has 0 fully saturated rings. The Balaban J connectivity index is 1.79. The number of aryl methyl sites for hydroxylation is 1. The van der Waals surface area contributed by atoms with Crippen LogP contribution in [0.5, 0.6) is 0 Å². The first-order valence-corrected chi connectivity index (χ1v) is 9.55. The van der Waals surface area contributed by atoms with Crippen LogP contribution in [0.1, 0.15) is 23.0 Å². The zero-order valence-electron chi connectivity index (χ0n) is 14.2. The third-order valence-corrected chi connectivity index (χ3v) is 5.21. The first-order valence-electron chi connectivity index (χ1n) is 7.89. The Morgan fingerprint density at radius 2 is 1.77 bits per heavy atom. The van der Waals surface area contributed by atoms with Crippen LogP contribution in [0.2, 0.25) is 0 Å². The van der Waals surface area contributed by atoms with Crippen LogP contribution in [0, 0.1) is 12.7 Å². The molecule has 1 amide bonds. The SMILES string of the molecule is CCS(=O)(=O)Nc1ccc(NC(=O)c2oc3ccc(F)cc3c2C)cc1. The normalized spacial score (nSPS) is 11.5. The number of carbonyl (C=O) groups excluding carboxylic acids is 1. The standard InChI is InChI=1S/C18H17FN2O4S/c1-3-26(23,24)21-14-7-5-13(6-8-14)20-18(22)17-11(2)15-10-12(19)4-9-16(15)25-17/h4-10,21H,3H2,1-2H3,(H,20,22). The number of anilines is 2. The Bertz CT molecular complexity index is 1070.